The lowest BCUT2D eigenvalue weighted by Gasteiger charge is -2.58. The fraction of sp³-hybridized carbons (Fsp3) is 0.679. The summed E-state index contributed by atoms with van der Waals surface area (Å²) in [6, 6.07) is 8.11. The molecule has 0 saturated heterocycles. The smallest absolute Gasteiger partial charge is 0.169 e. The molecule has 0 unspecified atom stereocenters. The van der Waals surface area contributed by atoms with Gasteiger partial charge in [-0.2, -0.15) is 0 Å². The van der Waals surface area contributed by atoms with E-state index in [9.17, 15) is 9.90 Å². The van der Waals surface area contributed by atoms with Crippen molar-refractivity contribution >= 4 is 21.7 Å². The van der Waals surface area contributed by atoms with Crippen molar-refractivity contribution in [3.05, 3.63) is 46.0 Å². The number of ketones is 1. The minimum atomic E-state index is -1.07. The number of hydrogen-bond donors (Lipinski definition) is 1. The molecule has 4 aliphatic carbocycles. The summed E-state index contributed by atoms with van der Waals surface area (Å²) in [7, 11) is 0. The van der Waals surface area contributed by atoms with Gasteiger partial charge in [0.05, 0.1) is 6.61 Å². The van der Waals surface area contributed by atoms with E-state index in [1.807, 2.05) is 24.3 Å². The van der Waals surface area contributed by atoms with Crippen molar-refractivity contribution in [2.75, 3.05) is 0 Å². The standard InChI is InChI=1S/C28H37BrO3/c1-18(30)23-10-11-24-22-9-6-20-16-28(31,32-17-19-4-7-21(29)8-5-19)15-14-26(20,2)25(22)12-13-27(23,24)3/h4-8,22-25,31H,9-17H2,1-3H3/t22-,23+,24-,25-,26-,27+,28+/m0/s1. The molecule has 0 amide bonds. The van der Waals surface area contributed by atoms with Crippen LogP contribution in [0.2, 0.25) is 0 Å². The van der Waals surface area contributed by atoms with Gasteiger partial charge in [0.15, 0.2) is 5.79 Å². The van der Waals surface area contributed by atoms with E-state index in [4.69, 9.17) is 4.74 Å². The van der Waals surface area contributed by atoms with Crippen LogP contribution >= 0.6 is 15.9 Å². The summed E-state index contributed by atoms with van der Waals surface area (Å²) in [6.07, 6.45) is 10.5. The van der Waals surface area contributed by atoms with Crippen LogP contribution in [0.3, 0.4) is 0 Å². The van der Waals surface area contributed by atoms with E-state index in [1.54, 1.807) is 6.92 Å². The van der Waals surface area contributed by atoms with Crippen LogP contribution in [0, 0.1) is 34.5 Å². The van der Waals surface area contributed by atoms with Gasteiger partial charge in [-0.25, -0.2) is 0 Å². The highest BCUT2D eigenvalue weighted by Crippen LogP contribution is 2.66. The normalized spacial score (nSPS) is 43.1. The Kier molecular flexibility index (Phi) is 5.74. The average molecular weight is 502 g/mol. The zero-order chi connectivity index (χ0) is 22.7. The Morgan fingerprint density at radius 2 is 1.84 bits per heavy atom. The minimum absolute atomic E-state index is 0.158. The predicted molar refractivity (Wildman–Crippen MR) is 130 cm³/mol. The van der Waals surface area contributed by atoms with Gasteiger partial charge in [0.1, 0.15) is 5.78 Å². The van der Waals surface area contributed by atoms with E-state index in [-0.39, 0.29) is 16.7 Å². The Bertz CT molecular complexity index is 923. The van der Waals surface area contributed by atoms with Crippen LogP contribution in [0.5, 0.6) is 0 Å². The molecule has 32 heavy (non-hydrogen) atoms. The summed E-state index contributed by atoms with van der Waals surface area (Å²) in [5.41, 5.74) is 2.84. The van der Waals surface area contributed by atoms with Crippen LogP contribution < -0.4 is 0 Å². The van der Waals surface area contributed by atoms with Crippen LogP contribution in [0.1, 0.15) is 77.7 Å². The van der Waals surface area contributed by atoms with Gasteiger partial charge in [0.25, 0.3) is 0 Å². The van der Waals surface area contributed by atoms with Gasteiger partial charge in [0.2, 0.25) is 0 Å². The second-order valence-electron chi connectivity index (χ2n) is 11.6. The number of carbonyl (C=O) groups is 1. The summed E-state index contributed by atoms with van der Waals surface area (Å²) in [6.45, 7) is 7.10. The van der Waals surface area contributed by atoms with E-state index in [1.165, 1.54) is 24.8 Å². The molecule has 0 aromatic heterocycles. The summed E-state index contributed by atoms with van der Waals surface area (Å²) in [5.74, 6) is 1.61. The number of Topliss-reactive ketones (excluding diaryl/α,β-unsaturated/α-hetero) is 1. The van der Waals surface area contributed by atoms with Crippen molar-refractivity contribution in [2.24, 2.45) is 34.5 Å². The molecule has 0 spiro atoms. The molecule has 7 atom stereocenters. The number of aliphatic hydroxyl groups is 1. The van der Waals surface area contributed by atoms with Gasteiger partial charge < -0.3 is 9.84 Å². The number of fused-ring (bicyclic) bond motifs is 5. The maximum Gasteiger partial charge on any atom is 0.169 e. The lowest BCUT2D eigenvalue weighted by Crippen LogP contribution is -2.52. The third-order valence-corrected chi connectivity index (χ3v) is 10.6. The van der Waals surface area contributed by atoms with Crippen molar-refractivity contribution in [3.8, 4) is 0 Å². The Morgan fingerprint density at radius 3 is 2.56 bits per heavy atom. The minimum Gasteiger partial charge on any atom is -0.365 e. The Morgan fingerprint density at radius 1 is 1.09 bits per heavy atom. The number of hydrogen-bond acceptors (Lipinski definition) is 3. The number of ether oxygens (including phenoxy) is 1. The maximum absolute atomic E-state index is 12.4. The molecule has 3 nitrogen and oxygen atoms in total. The zero-order valence-electron chi connectivity index (χ0n) is 19.7. The van der Waals surface area contributed by atoms with Gasteiger partial charge in [-0.1, -0.05) is 53.6 Å². The molecular formula is C28H37BrO3. The van der Waals surface area contributed by atoms with Gasteiger partial charge in [-0.15, -0.1) is 0 Å². The monoisotopic (exact) mass is 500 g/mol. The second-order valence-corrected chi connectivity index (χ2v) is 12.5. The van der Waals surface area contributed by atoms with Crippen LogP contribution in [0.25, 0.3) is 0 Å². The van der Waals surface area contributed by atoms with E-state index >= 15 is 0 Å². The topological polar surface area (TPSA) is 46.5 Å². The average Bonchev–Trinajstić information content (AvgIpc) is 3.12. The number of carbonyl (C=O) groups excluding carboxylic acids is 1. The molecule has 3 fully saturated rings. The molecular weight excluding hydrogens is 464 g/mol. The fourth-order valence-electron chi connectivity index (χ4n) is 8.21. The van der Waals surface area contributed by atoms with Gasteiger partial charge >= 0.3 is 0 Å². The SMILES string of the molecule is CC(=O)[C@H]1CC[C@H]2[C@@H]3CC=C4C[C@](O)(OCc5ccc(Br)cc5)CC[C@]4(C)[C@H]3CC[C@]12C. The number of benzene rings is 1. The van der Waals surface area contributed by atoms with Gasteiger partial charge in [-0.3, -0.25) is 4.79 Å². The first-order valence-corrected chi connectivity index (χ1v) is 13.2. The van der Waals surface area contributed by atoms with E-state index in [2.05, 4.69) is 35.9 Å². The Balaban J connectivity index is 1.32. The molecule has 0 heterocycles. The molecule has 1 aromatic carbocycles. The van der Waals surface area contributed by atoms with Crippen LogP contribution in [0.15, 0.2) is 40.4 Å². The third-order valence-electron chi connectivity index (χ3n) is 10.0. The van der Waals surface area contributed by atoms with Crippen molar-refractivity contribution in [2.45, 2.75) is 84.5 Å². The Labute approximate surface area is 201 Å². The highest BCUT2D eigenvalue weighted by Gasteiger charge is 2.60. The molecule has 174 valence electrons. The summed E-state index contributed by atoms with van der Waals surface area (Å²) in [4.78, 5) is 12.4. The number of rotatable bonds is 4. The second kappa shape index (κ2) is 8.06. The van der Waals surface area contributed by atoms with Crippen molar-refractivity contribution in [3.63, 3.8) is 0 Å². The predicted octanol–water partition coefficient (Wildman–Crippen LogP) is 6.82. The number of allylic oxidation sites excluding steroid dienone is 1. The van der Waals surface area contributed by atoms with E-state index in [0.29, 0.717) is 43.0 Å². The molecule has 5 rings (SSSR count). The Hall–Kier alpha value is -0.970. The molecule has 4 heteroatoms. The number of halogens is 1. The van der Waals surface area contributed by atoms with Crippen LogP contribution in [0.4, 0.5) is 0 Å². The lowest BCUT2D eigenvalue weighted by atomic mass is 9.47. The van der Waals surface area contributed by atoms with Crippen molar-refractivity contribution in [1.29, 1.82) is 0 Å². The van der Waals surface area contributed by atoms with Gasteiger partial charge in [-0.05, 0) is 91.7 Å². The first kappa shape index (κ1) is 22.8. The first-order valence-electron chi connectivity index (χ1n) is 12.5. The van der Waals surface area contributed by atoms with Crippen molar-refractivity contribution in [1.82, 2.24) is 0 Å². The molecule has 3 saturated carbocycles. The molecule has 1 aromatic rings. The summed E-state index contributed by atoms with van der Waals surface area (Å²) < 4.78 is 7.17. The molecule has 0 radical (unpaired) electrons. The molecule has 1 N–H and O–H groups in total. The van der Waals surface area contributed by atoms with Crippen LogP contribution in [-0.2, 0) is 16.1 Å². The first-order chi connectivity index (χ1) is 15.1. The van der Waals surface area contributed by atoms with Crippen LogP contribution in [-0.4, -0.2) is 16.7 Å². The highest BCUT2D eigenvalue weighted by atomic mass is 79.9. The van der Waals surface area contributed by atoms with Crippen molar-refractivity contribution < 1.29 is 14.6 Å². The third kappa shape index (κ3) is 3.65. The molecule has 0 aliphatic heterocycles. The van der Waals surface area contributed by atoms with E-state index in [0.717, 1.165) is 29.3 Å². The molecule has 4 aliphatic rings. The highest BCUT2D eigenvalue weighted by molar-refractivity contribution is 9.10. The van der Waals surface area contributed by atoms with Gasteiger partial charge in [0, 0.05) is 23.2 Å². The quantitative estimate of drug-likeness (QED) is 0.364. The lowest BCUT2D eigenvalue weighted by molar-refractivity contribution is -0.231. The summed E-state index contributed by atoms with van der Waals surface area (Å²) >= 11 is 3.47. The van der Waals surface area contributed by atoms with E-state index < -0.39 is 5.79 Å². The fourth-order valence-corrected chi connectivity index (χ4v) is 8.47. The maximum atomic E-state index is 12.4. The largest absolute Gasteiger partial charge is 0.365 e. The summed E-state index contributed by atoms with van der Waals surface area (Å²) in [5, 5.41) is 11.3. The molecule has 0 bridgehead atoms. The zero-order valence-corrected chi connectivity index (χ0v) is 21.3.